The minimum absolute atomic E-state index is 0.0251. The molecule has 0 radical (unpaired) electrons. The highest BCUT2D eigenvalue weighted by molar-refractivity contribution is 7.16. The summed E-state index contributed by atoms with van der Waals surface area (Å²) in [6, 6.07) is 13.2. The van der Waals surface area contributed by atoms with Crippen molar-refractivity contribution in [2.45, 2.75) is 38.8 Å². The van der Waals surface area contributed by atoms with Crippen LogP contribution in [0.4, 0.5) is 15.5 Å². The topological polar surface area (TPSA) is 165 Å². The summed E-state index contributed by atoms with van der Waals surface area (Å²) in [5.41, 5.74) is 1.90. The van der Waals surface area contributed by atoms with Gasteiger partial charge in [-0.25, -0.2) is 14.4 Å². The van der Waals surface area contributed by atoms with E-state index in [9.17, 15) is 34.5 Å². The molecule has 2 atom stereocenters. The van der Waals surface area contributed by atoms with E-state index in [2.05, 4.69) is 16.0 Å². The Hall–Kier alpha value is -4.22. The number of hydrogen-bond acceptors (Lipinski definition) is 6. The molecule has 11 heteroatoms. The largest absolute Gasteiger partial charge is 0.479 e. The zero-order valence-corrected chi connectivity index (χ0v) is 21.0. The molecule has 0 saturated carbocycles. The van der Waals surface area contributed by atoms with Gasteiger partial charge in [0.25, 0.3) is 5.91 Å². The van der Waals surface area contributed by atoms with Gasteiger partial charge in [0.15, 0.2) is 6.10 Å². The van der Waals surface area contributed by atoms with E-state index < -0.39 is 36.0 Å². The second-order valence-electron chi connectivity index (χ2n) is 8.26. The van der Waals surface area contributed by atoms with Crippen LogP contribution in [0, 0.1) is 6.92 Å². The molecule has 3 rings (SSSR count). The quantitative estimate of drug-likeness (QED) is 0.235. The van der Waals surface area contributed by atoms with Crippen molar-refractivity contribution in [2.24, 2.45) is 0 Å². The maximum atomic E-state index is 13.0. The number of carboxylic acids is 2. The summed E-state index contributed by atoms with van der Waals surface area (Å²) in [6.07, 6.45) is -1.21. The first-order valence-electron chi connectivity index (χ1n) is 11.4. The maximum absolute atomic E-state index is 13.0. The number of nitrogens with one attached hydrogen (secondary N) is 3. The van der Waals surface area contributed by atoms with Crippen molar-refractivity contribution in [1.82, 2.24) is 5.32 Å². The van der Waals surface area contributed by atoms with Crippen LogP contribution >= 0.6 is 11.3 Å². The highest BCUT2D eigenvalue weighted by atomic mass is 32.1. The summed E-state index contributed by atoms with van der Waals surface area (Å²) in [7, 11) is 0. The van der Waals surface area contributed by atoms with Gasteiger partial charge in [-0.1, -0.05) is 43.3 Å². The van der Waals surface area contributed by atoms with Gasteiger partial charge in [0, 0.05) is 16.1 Å². The number of aliphatic carboxylic acids is 1. The maximum Gasteiger partial charge on any atom is 0.338 e. The number of rotatable bonds is 10. The molecule has 1 heterocycles. The minimum atomic E-state index is -1.83. The molecule has 3 amide bonds. The number of carbonyl (C=O) groups is 4. The summed E-state index contributed by atoms with van der Waals surface area (Å²) in [4.78, 5) is 49.2. The number of amides is 3. The number of carbonyl (C=O) groups excluding carboxylic acids is 2. The average Bonchev–Trinajstić information content (AvgIpc) is 3.23. The van der Waals surface area contributed by atoms with Gasteiger partial charge in [-0.3, -0.25) is 10.1 Å². The van der Waals surface area contributed by atoms with Gasteiger partial charge in [-0.15, -0.1) is 11.3 Å². The lowest BCUT2D eigenvalue weighted by molar-refractivity contribution is -0.148. The van der Waals surface area contributed by atoms with E-state index in [1.54, 1.807) is 43.3 Å². The highest BCUT2D eigenvalue weighted by Gasteiger charge is 2.28. The molecule has 0 aliphatic rings. The van der Waals surface area contributed by atoms with Crippen molar-refractivity contribution >= 4 is 45.9 Å². The number of aliphatic hydroxyl groups is 1. The number of hydrogen-bond donors (Lipinski definition) is 6. The zero-order valence-electron chi connectivity index (χ0n) is 20.1. The third-order valence-corrected chi connectivity index (χ3v) is 6.53. The molecule has 0 bridgehead atoms. The second-order valence-corrected chi connectivity index (χ2v) is 9.52. The van der Waals surface area contributed by atoms with E-state index in [4.69, 9.17) is 0 Å². The number of aromatic carboxylic acids is 1. The lowest BCUT2D eigenvalue weighted by Crippen LogP contribution is -2.48. The van der Waals surface area contributed by atoms with Crippen LogP contribution in [0.25, 0.3) is 0 Å². The summed E-state index contributed by atoms with van der Waals surface area (Å²) in [5, 5.41) is 36.8. The Kier molecular flexibility index (Phi) is 8.99. The van der Waals surface area contributed by atoms with E-state index in [0.717, 1.165) is 22.5 Å². The molecule has 0 aliphatic carbocycles. The Morgan fingerprint density at radius 3 is 2.30 bits per heavy atom. The molecule has 37 heavy (non-hydrogen) atoms. The van der Waals surface area contributed by atoms with E-state index in [0.29, 0.717) is 17.0 Å². The van der Waals surface area contributed by atoms with Crippen molar-refractivity contribution in [3.63, 3.8) is 0 Å². The molecular formula is C26H27N3O7S. The first-order valence-corrected chi connectivity index (χ1v) is 12.2. The predicted octanol–water partition coefficient (Wildman–Crippen LogP) is 3.75. The second kappa shape index (κ2) is 12.2. The molecule has 0 saturated heterocycles. The molecule has 10 nitrogen and oxygen atoms in total. The van der Waals surface area contributed by atoms with Gasteiger partial charge in [-0.05, 0) is 49.1 Å². The number of benzene rings is 2. The fourth-order valence-corrected chi connectivity index (χ4v) is 4.60. The van der Waals surface area contributed by atoms with Crippen LogP contribution in [0.1, 0.15) is 43.6 Å². The minimum Gasteiger partial charge on any atom is -0.479 e. The summed E-state index contributed by atoms with van der Waals surface area (Å²) in [5.74, 6) is -3.26. The van der Waals surface area contributed by atoms with E-state index >= 15 is 0 Å². The van der Waals surface area contributed by atoms with Crippen LogP contribution in [0.2, 0.25) is 0 Å². The van der Waals surface area contributed by atoms with Crippen LogP contribution in [-0.4, -0.2) is 51.3 Å². The van der Waals surface area contributed by atoms with Crippen molar-refractivity contribution in [1.29, 1.82) is 0 Å². The molecule has 1 aromatic heterocycles. The van der Waals surface area contributed by atoms with Gasteiger partial charge in [0.05, 0.1) is 11.6 Å². The number of aryl methyl sites for hydroxylation is 2. The standard InChI is InChI=1S/C26H27N3O7S/c1-3-16-9-10-17(13-19(16)28-26(36)29-23-18(24(32)33)11-14(2)37-23)22(31)27-20(21(30)25(34)35)12-15-7-5-4-6-8-15/h4-11,13,20-21,30H,3,12H2,1-2H3,(H,27,31)(H,32,33)(H,34,35)(H2,28,29,36). The Morgan fingerprint density at radius 2 is 1.68 bits per heavy atom. The molecule has 6 N–H and O–H groups in total. The van der Waals surface area contributed by atoms with Crippen molar-refractivity contribution in [3.05, 3.63) is 81.7 Å². The van der Waals surface area contributed by atoms with Crippen LogP contribution in [-0.2, 0) is 17.6 Å². The third-order valence-electron chi connectivity index (χ3n) is 5.56. The number of thiophene rings is 1. The Morgan fingerprint density at radius 1 is 0.973 bits per heavy atom. The van der Waals surface area contributed by atoms with Gasteiger partial charge in [0.1, 0.15) is 5.00 Å². The first kappa shape index (κ1) is 27.4. The molecule has 2 unspecified atom stereocenters. The summed E-state index contributed by atoms with van der Waals surface area (Å²) in [6.45, 7) is 3.59. The lowest BCUT2D eigenvalue weighted by atomic mass is 10.00. The van der Waals surface area contributed by atoms with Crippen molar-refractivity contribution in [2.75, 3.05) is 10.6 Å². The summed E-state index contributed by atoms with van der Waals surface area (Å²) < 4.78 is 0. The summed E-state index contributed by atoms with van der Waals surface area (Å²) >= 11 is 1.12. The van der Waals surface area contributed by atoms with E-state index in [1.807, 2.05) is 6.92 Å². The van der Waals surface area contributed by atoms with Crippen molar-refractivity contribution < 1.29 is 34.5 Å². The molecule has 3 aromatic rings. The van der Waals surface area contributed by atoms with Crippen LogP contribution in [0.5, 0.6) is 0 Å². The van der Waals surface area contributed by atoms with Crippen LogP contribution in [0.15, 0.2) is 54.6 Å². The van der Waals surface area contributed by atoms with Gasteiger partial charge >= 0.3 is 18.0 Å². The fourth-order valence-electron chi connectivity index (χ4n) is 3.70. The number of aliphatic hydroxyl groups excluding tert-OH is 1. The monoisotopic (exact) mass is 525 g/mol. The number of anilines is 2. The molecule has 0 aliphatic heterocycles. The van der Waals surface area contributed by atoms with Crippen molar-refractivity contribution in [3.8, 4) is 0 Å². The highest BCUT2D eigenvalue weighted by Crippen LogP contribution is 2.28. The third kappa shape index (κ3) is 7.15. The van der Waals surface area contributed by atoms with Crippen LogP contribution in [0.3, 0.4) is 0 Å². The molecule has 0 fully saturated rings. The Balaban J connectivity index is 1.79. The molecular weight excluding hydrogens is 498 g/mol. The zero-order chi connectivity index (χ0) is 27.1. The molecule has 194 valence electrons. The SMILES string of the molecule is CCc1ccc(C(=O)NC(Cc2ccccc2)C(O)C(=O)O)cc1NC(=O)Nc1sc(C)cc1C(=O)O. The predicted molar refractivity (Wildman–Crippen MR) is 140 cm³/mol. The fraction of sp³-hybridized carbons (Fsp3) is 0.231. The van der Waals surface area contributed by atoms with Gasteiger partial charge in [0.2, 0.25) is 0 Å². The van der Waals surface area contributed by atoms with E-state index in [1.165, 1.54) is 18.2 Å². The average molecular weight is 526 g/mol. The van der Waals surface area contributed by atoms with Gasteiger partial charge in [-0.2, -0.15) is 0 Å². The normalized spacial score (nSPS) is 12.3. The molecule has 0 spiro atoms. The van der Waals surface area contributed by atoms with Crippen LogP contribution < -0.4 is 16.0 Å². The number of carboxylic acid groups (broad SMARTS) is 2. The van der Waals surface area contributed by atoms with E-state index in [-0.39, 0.29) is 22.5 Å². The smallest absolute Gasteiger partial charge is 0.338 e. The molecule has 2 aromatic carbocycles. The first-order chi connectivity index (χ1) is 17.6. The lowest BCUT2D eigenvalue weighted by Gasteiger charge is -2.22. The Bertz CT molecular complexity index is 1310. The van der Waals surface area contributed by atoms with Gasteiger partial charge < -0.3 is 26.0 Å². The Labute approximate surface area is 217 Å². The number of urea groups is 1.